The van der Waals surface area contributed by atoms with Crippen molar-refractivity contribution in [1.29, 1.82) is 0 Å². The molecule has 0 bridgehead atoms. The summed E-state index contributed by atoms with van der Waals surface area (Å²) in [6.45, 7) is 2.07. The summed E-state index contributed by atoms with van der Waals surface area (Å²) in [4.78, 5) is 9.58. The van der Waals surface area contributed by atoms with E-state index in [1.807, 2.05) is 0 Å². The monoisotopic (exact) mass is 221 g/mol. The highest BCUT2D eigenvalue weighted by molar-refractivity contribution is 5.53. The molecule has 84 valence electrons. The first kappa shape index (κ1) is 10.8. The van der Waals surface area contributed by atoms with E-state index in [9.17, 15) is 14.5 Å². The summed E-state index contributed by atoms with van der Waals surface area (Å²) in [5, 5.41) is 10.2. The first-order valence-electron chi connectivity index (χ1n) is 5.22. The predicted octanol–water partition coefficient (Wildman–Crippen LogP) is 3.12. The van der Waals surface area contributed by atoms with Crippen LogP contribution in [0.5, 0.6) is 0 Å². The van der Waals surface area contributed by atoms with E-state index in [2.05, 4.69) is 6.92 Å². The van der Waals surface area contributed by atoms with Crippen LogP contribution < -0.4 is 0 Å². The highest BCUT2D eigenvalue weighted by Crippen LogP contribution is 2.34. The van der Waals surface area contributed by atoms with Crippen molar-refractivity contribution >= 4 is 6.08 Å². The Balaban J connectivity index is 2.39. The molecule has 0 heterocycles. The molecule has 0 N–H and O–H groups in total. The van der Waals surface area contributed by atoms with Crippen molar-refractivity contribution in [2.45, 2.75) is 25.7 Å². The molecule has 0 aromatic heterocycles. The van der Waals surface area contributed by atoms with Crippen LogP contribution in [-0.4, -0.2) is 4.92 Å². The molecule has 1 unspecified atom stereocenters. The van der Waals surface area contributed by atoms with E-state index in [1.54, 1.807) is 6.07 Å². The lowest BCUT2D eigenvalue weighted by atomic mass is 10.0. The van der Waals surface area contributed by atoms with E-state index < -0.39 is 4.92 Å². The molecule has 1 aliphatic rings. The molecule has 0 spiro atoms. The molecule has 0 saturated heterocycles. The fraction of sp³-hybridized carbons (Fsp3) is 0.333. The molecule has 4 heteroatoms. The predicted molar refractivity (Wildman–Crippen MR) is 59.2 cm³/mol. The van der Waals surface area contributed by atoms with Gasteiger partial charge in [-0.15, -0.1) is 0 Å². The number of hydrogen-bond donors (Lipinski definition) is 0. The van der Waals surface area contributed by atoms with Gasteiger partial charge in [-0.1, -0.05) is 6.92 Å². The summed E-state index contributed by atoms with van der Waals surface area (Å²) in [5.74, 6) is 0.00338. The van der Waals surface area contributed by atoms with Gasteiger partial charge >= 0.3 is 0 Å². The first-order chi connectivity index (χ1) is 7.58. The Morgan fingerprint density at radius 1 is 1.56 bits per heavy atom. The average molecular weight is 221 g/mol. The number of nitro groups is 1. The lowest BCUT2D eigenvalue weighted by Crippen LogP contribution is -1.92. The van der Waals surface area contributed by atoms with Gasteiger partial charge in [-0.25, -0.2) is 4.39 Å². The van der Waals surface area contributed by atoms with Crippen LogP contribution in [-0.2, 0) is 6.42 Å². The van der Waals surface area contributed by atoms with Gasteiger partial charge in [-0.2, -0.15) is 0 Å². The molecule has 2 rings (SSSR count). The minimum Gasteiger partial charge on any atom is -0.259 e. The van der Waals surface area contributed by atoms with Gasteiger partial charge in [0, 0.05) is 11.6 Å². The van der Waals surface area contributed by atoms with E-state index >= 15 is 0 Å². The van der Waals surface area contributed by atoms with Crippen LogP contribution in [0.25, 0.3) is 6.08 Å². The molecule has 1 atom stereocenters. The lowest BCUT2D eigenvalue weighted by molar-refractivity contribution is -0.400. The number of nitrogens with zero attached hydrogens (tertiary/aromatic N) is 1. The standard InChI is InChI=1S/C12H12FNO2/c1-8-2-3-9-6-10(4-5-14(15)16)12(13)7-11(8)9/h4-8H,2-3H2,1H3/b5-4+. The number of fused-ring (bicyclic) bond motifs is 1. The van der Waals surface area contributed by atoms with Crippen LogP contribution in [0.3, 0.4) is 0 Å². The van der Waals surface area contributed by atoms with Crippen molar-refractivity contribution in [3.8, 4) is 0 Å². The summed E-state index contributed by atoms with van der Waals surface area (Å²) in [6, 6.07) is 3.22. The number of halogens is 1. The molecule has 0 fully saturated rings. The van der Waals surface area contributed by atoms with Crippen LogP contribution in [0.15, 0.2) is 18.3 Å². The Bertz CT molecular complexity index is 468. The summed E-state index contributed by atoms with van der Waals surface area (Å²) in [6.07, 6.45) is 3.93. The Morgan fingerprint density at radius 3 is 3.00 bits per heavy atom. The number of aryl methyl sites for hydroxylation is 1. The van der Waals surface area contributed by atoms with Crippen LogP contribution in [0.2, 0.25) is 0 Å². The molecular formula is C12H12FNO2. The number of rotatable bonds is 2. The first-order valence-corrected chi connectivity index (χ1v) is 5.22. The zero-order valence-corrected chi connectivity index (χ0v) is 8.94. The Morgan fingerprint density at radius 2 is 2.31 bits per heavy atom. The summed E-state index contributed by atoms with van der Waals surface area (Å²) in [5.41, 5.74) is 2.44. The molecule has 0 radical (unpaired) electrons. The molecule has 1 aliphatic carbocycles. The average Bonchev–Trinajstić information content (AvgIpc) is 2.57. The van der Waals surface area contributed by atoms with Crippen molar-refractivity contribution < 1.29 is 9.31 Å². The fourth-order valence-electron chi connectivity index (χ4n) is 2.12. The maximum atomic E-state index is 13.6. The highest BCUT2D eigenvalue weighted by atomic mass is 19.1. The minimum atomic E-state index is -0.588. The quantitative estimate of drug-likeness (QED) is 0.568. The summed E-state index contributed by atoms with van der Waals surface area (Å²) >= 11 is 0. The molecule has 16 heavy (non-hydrogen) atoms. The van der Waals surface area contributed by atoms with Gasteiger partial charge in [-0.05, 0) is 42.0 Å². The Hall–Kier alpha value is -1.71. The van der Waals surface area contributed by atoms with Gasteiger partial charge in [0.15, 0.2) is 0 Å². The van der Waals surface area contributed by atoms with E-state index in [1.165, 1.54) is 12.1 Å². The molecule has 3 nitrogen and oxygen atoms in total. The molecule has 1 aromatic rings. The minimum absolute atomic E-state index is 0.296. The Kier molecular flexibility index (Phi) is 2.73. The summed E-state index contributed by atoms with van der Waals surface area (Å²) in [7, 11) is 0. The maximum absolute atomic E-state index is 13.6. The lowest BCUT2D eigenvalue weighted by Gasteiger charge is -2.05. The Labute approximate surface area is 92.7 Å². The van der Waals surface area contributed by atoms with Gasteiger partial charge in [0.1, 0.15) is 5.82 Å². The third-order valence-corrected chi connectivity index (χ3v) is 3.01. The molecular weight excluding hydrogens is 209 g/mol. The van der Waals surface area contributed by atoms with Crippen LogP contribution in [0, 0.1) is 15.9 Å². The van der Waals surface area contributed by atoms with Gasteiger partial charge in [0.2, 0.25) is 6.20 Å². The topological polar surface area (TPSA) is 43.1 Å². The second-order valence-corrected chi connectivity index (χ2v) is 4.11. The van der Waals surface area contributed by atoms with Gasteiger partial charge in [-0.3, -0.25) is 10.1 Å². The SMILES string of the molecule is CC1CCc2cc(/C=C/[N+](=O)[O-])c(F)cc21. The zero-order chi connectivity index (χ0) is 11.7. The van der Waals surface area contributed by atoms with Gasteiger partial charge < -0.3 is 0 Å². The molecule has 0 amide bonds. The maximum Gasteiger partial charge on any atom is 0.235 e. The zero-order valence-electron chi connectivity index (χ0n) is 8.94. The van der Waals surface area contributed by atoms with E-state index in [0.717, 1.165) is 30.2 Å². The third-order valence-electron chi connectivity index (χ3n) is 3.01. The second kappa shape index (κ2) is 4.04. The van der Waals surface area contributed by atoms with Crippen LogP contribution in [0.1, 0.15) is 36.0 Å². The van der Waals surface area contributed by atoms with Crippen molar-refractivity contribution in [3.05, 3.63) is 51.0 Å². The highest BCUT2D eigenvalue weighted by Gasteiger charge is 2.20. The van der Waals surface area contributed by atoms with Crippen molar-refractivity contribution in [3.63, 3.8) is 0 Å². The van der Waals surface area contributed by atoms with E-state index in [0.29, 0.717) is 11.5 Å². The second-order valence-electron chi connectivity index (χ2n) is 4.11. The van der Waals surface area contributed by atoms with E-state index in [4.69, 9.17) is 0 Å². The van der Waals surface area contributed by atoms with Crippen molar-refractivity contribution in [1.82, 2.24) is 0 Å². The largest absolute Gasteiger partial charge is 0.259 e. The smallest absolute Gasteiger partial charge is 0.235 e. The van der Waals surface area contributed by atoms with Crippen LogP contribution >= 0.6 is 0 Å². The van der Waals surface area contributed by atoms with Gasteiger partial charge in [0.05, 0.1) is 4.92 Å². The van der Waals surface area contributed by atoms with E-state index in [-0.39, 0.29) is 5.82 Å². The molecule has 0 aliphatic heterocycles. The molecule has 0 saturated carbocycles. The third kappa shape index (κ3) is 1.96. The normalized spacial score (nSPS) is 19.0. The number of hydrogen-bond acceptors (Lipinski definition) is 2. The van der Waals surface area contributed by atoms with Gasteiger partial charge in [0.25, 0.3) is 0 Å². The fourth-order valence-corrected chi connectivity index (χ4v) is 2.12. The molecule has 1 aromatic carbocycles. The number of benzene rings is 1. The van der Waals surface area contributed by atoms with Crippen molar-refractivity contribution in [2.24, 2.45) is 0 Å². The van der Waals surface area contributed by atoms with Crippen molar-refractivity contribution in [2.75, 3.05) is 0 Å². The summed E-state index contributed by atoms with van der Waals surface area (Å²) < 4.78 is 13.6. The van der Waals surface area contributed by atoms with Crippen LogP contribution in [0.4, 0.5) is 4.39 Å².